The second-order valence-electron chi connectivity index (χ2n) is 5.96. The zero-order valence-corrected chi connectivity index (χ0v) is 13.8. The Labute approximate surface area is 128 Å². The van der Waals surface area contributed by atoms with Gasteiger partial charge in [0.05, 0.1) is 0 Å². The zero-order valence-electron chi connectivity index (χ0n) is 13.8. The summed E-state index contributed by atoms with van der Waals surface area (Å²) in [5, 5.41) is 3.14. The molecule has 21 heavy (non-hydrogen) atoms. The first-order valence-corrected chi connectivity index (χ1v) is 8.06. The summed E-state index contributed by atoms with van der Waals surface area (Å²) in [6.45, 7) is 8.41. The third-order valence-electron chi connectivity index (χ3n) is 3.60. The van der Waals surface area contributed by atoms with E-state index < -0.39 is 0 Å². The van der Waals surface area contributed by atoms with Crippen molar-refractivity contribution < 1.29 is 4.79 Å². The number of nitrogens with one attached hydrogen (secondary N) is 1. The molecule has 1 amide bonds. The third-order valence-corrected chi connectivity index (χ3v) is 3.60. The Balaban J connectivity index is 2.81. The molecule has 1 aromatic rings. The van der Waals surface area contributed by atoms with Crippen LogP contribution in [-0.4, -0.2) is 16.9 Å². The minimum Gasteiger partial charge on any atom is -0.384 e. The standard InChI is InChI=1S/C17H29N3O/c1-5-7-9-14(8-6-2)19-17(21)13-10-15(12(3)4)20-16(18)11-13/h10-12,14H,5-9H2,1-4H3,(H2,18,20)(H,19,21). The number of nitrogens with two attached hydrogens (primary N) is 1. The summed E-state index contributed by atoms with van der Waals surface area (Å²) >= 11 is 0. The number of nitrogen functional groups attached to an aromatic ring is 1. The maximum atomic E-state index is 12.4. The van der Waals surface area contributed by atoms with Gasteiger partial charge in [-0.05, 0) is 30.9 Å². The van der Waals surface area contributed by atoms with Crippen LogP contribution in [0.2, 0.25) is 0 Å². The molecule has 1 rings (SSSR count). The van der Waals surface area contributed by atoms with Crippen molar-refractivity contribution in [2.75, 3.05) is 5.73 Å². The molecule has 0 bridgehead atoms. The molecule has 0 aliphatic heterocycles. The van der Waals surface area contributed by atoms with Gasteiger partial charge >= 0.3 is 0 Å². The molecule has 4 nitrogen and oxygen atoms in total. The van der Waals surface area contributed by atoms with Crippen LogP contribution in [0.4, 0.5) is 5.82 Å². The van der Waals surface area contributed by atoms with E-state index in [2.05, 4.69) is 24.1 Å². The molecule has 4 heteroatoms. The Kier molecular flexibility index (Phi) is 7.20. The Morgan fingerprint density at radius 1 is 1.24 bits per heavy atom. The SMILES string of the molecule is CCCCC(CCC)NC(=O)c1cc(N)nc(C(C)C)c1. The monoisotopic (exact) mass is 291 g/mol. The van der Waals surface area contributed by atoms with Crippen LogP contribution < -0.4 is 11.1 Å². The Morgan fingerprint density at radius 3 is 2.52 bits per heavy atom. The summed E-state index contributed by atoms with van der Waals surface area (Å²) in [5.41, 5.74) is 7.29. The van der Waals surface area contributed by atoms with Crippen LogP contribution in [0.15, 0.2) is 12.1 Å². The molecular weight excluding hydrogens is 262 g/mol. The van der Waals surface area contributed by atoms with E-state index in [9.17, 15) is 4.79 Å². The van der Waals surface area contributed by atoms with E-state index in [1.165, 1.54) is 0 Å². The molecule has 0 aromatic carbocycles. The minimum atomic E-state index is -0.0412. The third kappa shape index (κ3) is 5.74. The number of hydrogen-bond donors (Lipinski definition) is 2. The lowest BCUT2D eigenvalue weighted by Crippen LogP contribution is -2.35. The maximum Gasteiger partial charge on any atom is 0.251 e. The second-order valence-corrected chi connectivity index (χ2v) is 5.96. The van der Waals surface area contributed by atoms with Gasteiger partial charge in [0.15, 0.2) is 0 Å². The van der Waals surface area contributed by atoms with E-state index in [4.69, 9.17) is 5.73 Å². The van der Waals surface area contributed by atoms with Crippen LogP contribution >= 0.6 is 0 Å². The van der Waals surface area contributed by atoms with Gasteiger partial charge in [-0.2, -0.15) is 0 Å². The highest BCUT2D eigenvalue weighted by molar-refractivity contribution is 5.95. The van der Waals surface area contributed by atoms with Crippen molar-refractivity contribution in [2.24, 2.45) is 0 Å². The molecule has 0 aliphatic carbocycles. The molecule has 0 spiro atoms. The lowest BCUT2D eigenvalue weighted by molar-refractivity contribution is 0.0932. The van der Waals surface area contributed by atoms with Crippen LogP contribution in [0.3, 0.4) is 0 Å². The number of unbranched alkanes of at least 4 members (excludes halogenated alkanes) is 1. The number of aromatic nitrogens is 1. The molecular formula is C17H29N3O. The number of carbonyl (C=O) groups is 1. The first kappa shape index (κ1) is 17.5. The molecule has 0 saturated carbocycles. The maximum absolute atomic E-state index is 12.4. The molecule has 3 N–H and O–H groups in total. The van der Waals surface area contributed by atoms with Gasteiger partial charge in [-0.1, -0.05) is 47.0 Å². The molecule has 0 fully saturated rings. The Morgan fingerprint density at radius 2 is 1.95 bits per heavy atom. The van der Waals surface area contributed by atoms with Gasteiger partial charge in [-0.25, -0.2) is 4.98 Å². The van der Waals surface area contributed by atoms with Crippen LogP contribution in [0, 0.1) is 0 Å². The average Bonchev–Trinajstić information content (AvgIpc) is 2.44. The number of carbonyl (C=O) groups excluding carboxylic acids is 1. The predicted octanol–water partition coefficient (Wildman–Crippen LogP) is 3.88. The molecule has 0 radical (unpaired) electrons. The predicted molar refractivity (Wildman–Crippen MR) is 88.4 cm³/mol. The molecule has 1 unspecified atom stereocenters. The quantitative estimate of drug-likeness (QED) is 0.764. The number of hydrogen-bond acceptors (Lipinski definition) is 3. The van der Waals surface area contributed by atoms with Gasteiger partial charge in [0, 0.05) is 17.3 Å². The smallest absolute Gasteiger partial charge is 0.251 e. The van der Waals surface area contributed by atoms with Gasteiger partial charge in [-0.3, -0.25) is 4.79 Å². The van der Waals surface area contributed by atoms with Crippen LogP contribution in [0.5, 0.6) is 0 Å². The molecule has 0 saturated heterocycles. The summed E-state index contributed by atoms with van der Waals surface area (Å²) in [6, 6.07) is 3.75. The Bertz CT molecular complexity index is 457. The van der Waals surface area contributed by atoms with Crippen LogP contribution in [-0.2, 0) is 0 Å². The molecule has 1 aromatic heterocycles. The lowest BCUT2D eigenvalue weighted by atomic mass is 10.0. The number of rotatable bonds is 8. The number of pyridine rings is 1. The van der Waals surface area contributed by atoms with Crippen molar-refractivity contribution in [3.63, 3.8) is 0 Å². The van der Waals surface area contributed by atoms with E-state index in [0.29, 0.717) is 11.4 Å². The average molecular weight is 291 g/mol. The van der Waals surface area contributed by atoms with Gasteiger partial charge in [0.25, 0.3) is 5.91 Å². The number of nitrogens with zero attached hydrogens (tertiary/aromatic N) is 1. The van der Waals surface area contributed by atoms with Gasteiger partial charge in [-0.15, -0.1) is 0 Å². The van der Waals surface area contributed by atoms with E-state index in [1.54, 1.807) is 6.07 Å². The van der Waals surface area contributed by atoms with Gasteiger partial charge < -0.3 is 11.1 Å². The highest BCUT2D eigenvalue weighted by atomic mass is 16.1. The van der Waals surface area contributed by atoms with E-state index in [-0.39, 0.29) is 17.9 Å². The first-order chi connectivity index (χ1) is 9.97. The summed E-state index contributed by atoms with van der Waals surface area (Å²) in [6.07, 6.45) is 5.41. The topological polar surface area (TPSA) is 68.0 Å². The Hall–Kier alpha value is -1.58. The highest BCUT2D eigenvalue weighted by Gasteiger charge is 2.15. The normalized spacial score (nSPS) is 12.4. The molecule has 118 valence electrons. The van der Waals surface area contributed by atoms with Crippen molar-refractivity contribution in [3.05, 3.63) is 23.4 Å². The summed E-state index contributed by atoms with van der Waals surface area (Å²) in [4.78, 5) is 16.7. The zero-order chi connectivity index (χ0) is 15.8. The largest absolute Gasteiger partial charge is 0.384 e. The van der Waals surface area contributed by atoms with E-state index in [0.717, 1.165) is 37.8 Å². The van der Waals surface area contributed by atoms with Crippen molar-refractivity contribution in [3.8, 4) is 0 Å². The van der Waals surface area contributed by atoms with Crippen molar-refractivity contribution >= 4 is 11.7 Å². The highest BCUT2D eigenvalue weighted by Crippen LogP contribution is 2.16. The summed E-state index contributed by atoms with van der Waals surface area (Å²) < 4.78 is 0. The minimum absolute atomic E-state index is 0.0412. The van der Waals surface area contributed by atoms with Gasteiger partial charge in [0.2, 0.25) is 0 Å². The number of anilines is 1. The fraction of sp³-hybridized carbons (Fsp3) is 0.647. The van der Waals surface area contributed by atoms with Crippen molar-refractivity contribution in [2.45, 2.75) is 71.8 Å². The van der Waals surface area contributed by atoms with Crippen molar-refractivity contribution in [1.29, 1.82) is 0 Å². The molecule has 0 aliphatic rings. The fourth-order valence-corrected chi connectivity index (χ4v) is 2.36. The second kappa shape index (κ2) is 8.65. The lowest BCUT2D eigenvalue weighted by Gasteiger charge is -2.18. The van der Waals surface area contributed by atoms with E-state index in [1.807, 2.05) is 19.9 Å². The van der Waals surface area contributed by atoms with Gasteiger partial charge in [0.1, 0.15) is 5.82 Å². The van der Waals surface area contributed by atoms with Crippen molar-refractivity contribution in [1.82, 2.24) is 10.3 Å². The van der Waals surface area contributed by atoms with Crippen LogP contribution in [0.1, 0.15) is 81.8 Å². The van der Waals surface area contributed by atoms with Crippen LogP contribution in [0.25, 0.3) is 0 Å². The fourth-order valence-electron chi connectivity index (χ4n) is 2.36. The summed E-state index contributed by atoms with van der Waals surface area (Å²) in [5.74, 6) is 0.624. The van der Waals surface area contributed by atoms with E-state index >= 15 is 0 Å². The first-order valence-electron chi connectivity index (χ1n) is 8.06. The molecule has 1 atom stereocenters. The number of amides is 1. The summed E-state index contributed by atoms with van der Waals surface area (Å²) in [7, 11) is 0. The molecule has 1 heterocycles.